The van der Waals surface area contributed by atoms with Crippen molar-refractivity contribution < 1.29 is 9.53 Å². The third kappa shape index (κ3) is 6.03. The van der Waals surface area contributed by atoms with E-state index in [-0.39, 0.29) is 5.78 Å². The third-order valence-corrected chi connectivity index (χ3v) is 3.97. The molecule has 0 saturated carbocycles. The second-order valence-electron chi connectivity index (χ2n) is 5.38. The minimum atomic E-state index is -0.00246. The van der Waals surface area contributed by atoms with Gasteiger partial charge in [0.1, 0.15) is 5.75 Å². The fourth-order valence-corrected chi connectivity index (χ4v) is 2.54. The van der Waals surface area contributed by atoms with Gasteiger partial charge >= 0.3 is 0 Å². The lowest BCUT2D eigenvalue weighted by Crippen LogP contribution is -1.99. The molecule has 0 aromatic heterocycles. The van der Waals surface area contributed by atoms with Crippen LogP contribution in [0.15, 0.2) is 54.6 Å². The second kappa shape index (κ2) is 9.31. The topological polar surface area (TPSA) is 26.3 Å². The normalized spacial score (nSPS) is 10.9. The number of carbonyl (C=O) groups is 1. The molecular formula is C20H21BrO2. The highest BCUT2D eigenvalue weighted by molar-refractivity contribution is 9.09. The van der Waals surface area contributed by atoms with Crippen LogP contribution in [0.3, 0.4) is 0 Å². The van der Waals surface area contributed by atoms with Gasteiger partial charge in [0.2, 0.25) is 0 Å². The SMILES string of the molecule is Cc1cccc(C=CC(=O)c2ccc(OCCCCBr)cc2)c1. The lowest BCUT2D eigenvalue weighted by atomic mass is 10.1. The molecule has 0 radical (unpaired) electrons. The lowest BCUT2D eigenvalue weighted by Gasteiger charge is -2.05. The Morgan fingerprint density at radius 2 is 1.91 bits per heavy atom. The highest BCUT2D eigenvalue weighted by Gasteiger charge is 2.02. The van der Waals surface area contributed by atoms with E-state index in [9.17, 15) is 4.79 Å². The maximum absolute atomic E-state index is 12.2. The number of halogens is 1. The number of unbranched alkanes of at least 4 members (excludes halogenated alkanes) is 1. The minimum Gasteiger partial charge on any atom is -0.494 e. The molecule has 2 nitrogen and oxygen atoms in total. The number of allylic oxidation sites excluding steroid dienone is 1. The zero-order chi connectivity index (χ0) is 16.5. The molecule has 0 atom stereocenters. The van der Waals surface area contributed by atoms with Crippen molar-refractivity contribution in [1.82, 2.24) is 0 Å². The smallest absolute Gasteiger partial charge is 0.185 e. The van der Waals surface area contributed by atoms with Gasteiger partial charge in [-0.15, -0.1) is 0 Å². The van der Waals surface area contributed by atoms with E-state index in [0.29, 0.717) is 12.2 Å². The van der Waals surface area contributed by atoms with Gasteiger partial charge in [-0.1, -0.05) is 51.8 Å². The Hall–Kier alpha value is -1.87. The lowest BCUT2D eigenvalue weighted by molar-refractivity contribution is 0.104. The van der Waals surface area contributed by atoms with Crippen molar-refractivity contribution in [3.8, 4) is 5.75 Å². The van der Waals surface area contributed by atoms with Crippen molar-refractivity contribution in [3.05, 3.63) is 71.3 Å². The van der Waals surface area contributed by atoms with E-state index in [1.807, 2.05) is 61.5 Å². The molecule has 2 rings (SSSR count). The van der Waals surface area contributed by atoms with Crippen molar-refractivity contribution in [2.45, 2.75) is 19.8 Å². The number of alkyl halides is 1. The molecule has 0 heterocycles. The van der Waals surface area contributed by atoms with Crippen LogP contribution in [0.4, 0.5) is 0 Å². The van der Waals surface area contributed by atoms with Gasteiger partial charge in [0.25, 0.3) is 0 Å². The molecule has 0 fully saturated rings. The van der Waals surface area contributed by atoms with Crippen LogP contribution in [0.2, 0.25) is 0 Å². The van der Waals surface area contributed by atoms with Crippen molar-refractivity contribution in [3.63, 3.8) is 0 Å². The molecule has 0 amide bonds. The van der Waals surface area contributed by atoms with Gasteiger partial charge in [-0.05, 0) is 55.7 Å². The maximum Gasteiger partial charge on any atom is 0.185 e. The van der Waals surface area contributed by atoms with Gasteiger partial charge in [0, 0.05) is 10.9 Å². The largest absolute Gasteiger partial charge is 0.494 e. The predicted molar refractivity (Wildman–Crippen MR) is 99.5 cm³/mol. The molecule has 0 N–H and O–H groups in total. The molecule has 0 bridgehead atoms. The van der Waals surface area contributed by atoms with Crippen LogP contribution in [0.1, 0.15) is 34.3 Å². The first kappa shape index (κ1) is 17.5. The minimum absolute atomic E-state index is 0.00246. The van der Waals surface area contributed by atoms with E-state index in [4.69, 9.17) is 4.74 Å². The van der Waals surface area contributed by atoms with Crippen molar-refractivity contribution in [2.75, 3.05) is 11.9 Å². The van der Waals surface area contributed by atoms with Gasteiger partial charge in [-0.25, -0.2) is 0 Å². The third-order valence-electron chi connectivity index (χ3n) is 3.40. The quantitative estimate of drug-likeness (QED) is 0.266. The van der Waals surface area contributed by atoms with Crippen LogP contribution in [0.5, 0.6) is 5.75 Å². The molecule has 0 aliphatic heterocycles. The molecule has 0 aliphatic carbocycles. The first-order valence-corrected chi connectivity index (χ1v) is 8.89. The summed E-state index contributed by atoms with van der Waals surface area (Å²) in [7, 11) is 0. The average Bonchev–Trinajstić information content (AvgIpc) is 2.57. The molecule has 2 aromatic carbocycles. The van der Waals surface area contributed by atoms with Gasteiger partial charge in [-0.2, -0.15) is 0 Å². The summed E-state index contributed by atoms with van der Waals surface area (Å²) >= 11 is 3.40. The Morgan fingerprint density at radius 3 is 2.61 bits per heavy atom. The summed E-state index contributed by atoms with van der Waals surface area (Å²) in [5.41, 5.74) is 2.88. The Labute approximate surface area is 146 Å². The first-order chi connectivity index (χ1) is 11.2. The summed E-state index contributed by atoms with van der Waals surface area (Å²) in [4.78, 5) is 12.2. The number of benzene rings is 2. The molecule has 0 aliphatic rings. The molecule has 2 aromatic rings. The van der Waals surface area contributed by atoms with Crippen molar-refractivity contribution in [2.24, 2.45) is 0 Å². The van der Waals surface area contributed by atoms with Crippen molar-refractivity contribution in [1.29, 1.82) is 0 Å². The van der Waals surface area contributed by atoms with Gasteiger partial charge in [-0.3, -0.25) is 4.79 Å². The number of hydrogen-bond donors (Lipinski definition) is 0. The average molecular weight is 373 g/mol. The first-order valence-electron chi connectivity index (χ1n) is 7.77. The fraction of sp³-hybridized carbons (Fsp3) is 0.250. The molecule has 23 heavy (non-hydrogen) atoms. The number of carbonyl (C=O) groups excluding carboxylic acids is 1. The zero-order valence-corrected chi connectivity index (χ0v) is 14.9. The van der Waals surface area contributed by atoms with Crippen LogP contribution in [0, 0.1) is 6.92 Å². The molecule has 0 spiro atoms. The number of hydrogen-bond acceptors (Lipinski definition) is 2. The highest BCUT2D eigenvalue weighted by atomic mass is 79.9. The summed E-state index contributed by atoms with van der Waals surface area (Å²) in [6.45, 7) is 2.74. The van der Waals surface area contributed by atoms with Crippen LogP contribution in [-0.4, -0.2) is 17.7 Å². The summed E-state index contributed by atoms with van der Waals surface area (Å²) in [6, 6.07) is 15.4. The number of ether oxygens (including phenoxy) is 1. The molecule has 120 valence electrons. The Bertz CT molecular complexity index is 660. The number of aryl methyl sites for hydroxylation is 1. The Morgan fingerprint density at radius 1 is 1.13 bits per heavy atom. The van der Waals surface area contributed by atoms with E-state index in [0.717, 1.165) is 29.5 Å². The van der Waals surface area contributed by atoms with Crippen LogP contribution in [-0.2, 0) is 0 Å². The van der Waals surface area contributed by atoms with E-state index < -0.39 is 0 Å². The second-order valence-corrected chi connectivity index (χ2v) is 6.17. The summed E-state index contributed by atoms with van der Waals surface area (Å²) < 4.78 is 5.64. The van der Waals surface area contributed by atoms with Crippen molar-refractivity contribution >= 4 is 27.8 Å². The summed E-state index contributed by atoms with van der Waals surface area (Å²) in [5.74, 6) is 0.802. The van der Waals surface area contributed by atoms with Crippen LogP contribution < -0.4 is 4.74 Å². The van der Waals surface area contributed by atoms with Gasteiger partial charge in [0.15, 0.2) is 5.78 Å². The number of ketones is 1. The van der Waals surface area contributed by atoms with Gasteiger partial charge in [0.05, 0.1) is 6.61 Å². The Balaban J connectivity index is 1.92. The molecule has 0 unspecified atom stereocenters. The molecular weight excluding hydrogens is 352 g/mol. The zero-order valence-electron chi connectivity index (χ0n) is 13.3. The van der Waals surface area contributed by atoms with E-state index >= 15 is 0 Å². The van der Waals surface area contributed by atoms with E-state index in [1.165, 1.54) is 5.56 Å². The maximum atomic E-state index is 12.2. The van der Waals surface area contributed by atoms with E-state index in [1.54, 1.807) is 6.08 Å². The highest BCUT2D eigenvalue weighted by Crippen LogP contribution is 2.14. The molecule has 0 saturated heterocycles. The molecule has 3 heteroatoms. The predicted octanol–water partition coefficient (Wildman–Crippen LogP) is 5.45. The fourth-order valence-electron chi connectivity index (χ4n) is 2.14. The summed E-state index contributed by atoms with van der Waals surface area (Å²) in [5, 5.41) is 0.997. The van der Waals surface area contributed by atoms with Crippen LogP contribution in [0.25, 0.3) is 6.08 Å². The monoisotopic (exact) mass is 372 g/mol. The Kier molecular flexibility index (Phi) is 7.08. The summed E-state index contributed by atoms with van der Waals surface area (Å²) in [6.07, 6.45) is 5.58. The standard InChI is InChI=1S/C20H21BrO2/c1-16-5-4-6-17(15-16)7-12-20(22)18-8-10-19(11-9-18)23-14-3-2-13-21/h4-12,15H,2-3,13-14H2,1H3. The number of rotatable bonds is 8. The van der Waals surface area contributed by atoms with E-state index in [2.05, 4.69) is 15.9 Å². The van der Waals surface area contributed by atoms with Gasteiger partial charge < -0.3 is 4.74 Å². The van der Waals surface area contributed by atoms with Crippen LogP contribution >= 0.6 is 15.9 Å².